The van der Waals surface area contributed by atoms with E-state index in [2.05, 4.69) is 17.1 Å². The van der Waals surface area contributed by atoms with Crippen molar-refractivity contribution in [2.75, 3.05) is 19.6 Å². The van der Waals surface area contributed by atoms with Crippen molar-refractivity contribution in [1.29, 1.82) is 0 Å². The summed E-state index contributed by atoms with van der Waals surface area (Å²) in [6.07, 6.45) is 10.2. The molecule has 3 fully saturated rings. The molecule has 98 valence electrons. The van der Waals surface area contributed by atoms with Crippen molar-refractivity contribution in [2.45, 2.75) is 64.0 Å². The van der Waals surface area contributed by atoms with E-state index in [0.29, 0.717) is 0 Å². The van der Waals surface area contributed by atoms with Crippen molar-refractivity contribution in [3.63, 3.8) is 0 Å². The van der Waals surface area contributed by atoms with Crippen LogP contribution in [0.2, 0.25) is 0 Å². The Bertz CT molecular complexity index is 253. The molecule has 17 heavy (non-hydrogen) atoms. The molecule has 4 atom stereocenters. The summed E-state index contributed by atoms with van der Waals surface area (Å²) in [5, 5.41) is 3.62. The zero-order valence-electron chi connectivity index (χ0n) is 11.3. The highest BCUT2D eigenvalue weighted by Gasteiger charge is 2.40. The van der Waals surface area contributed by atoms with Gasteiger partial charge in [0.1, 0.15) is 0 Å². The first-order valence-electron chi connectivity index (χ1n) is 7.86. The number of hydrogen-bond acceptors (Lipinski definition) is 2. The van der Waals surface area contributed by atoms with Gasteiger partial charge in [0.2, 0.25) is 0 Å². The Balaban J connectivity index is 1.72. The van der Waals surface area contributed by atoms with Crippen molar-refractivity contribution in [3.05, 3.63) is 0 Å². The lowest BCUT2D eigenvalue weighted by atomic mass is 9.79. The third-order valence-electron chi connectivity index (χ3n) is 5.54. The molecule has 4 unspecified atom stereocenters. The second kappa shape index (κ2) is 5.27. The van der Waals surface area contributed by atoms with E-state index in [0.717, 1.165) is 23.9 Å². The lowest BCUT2D eigenvalue weighted by Gasteiger charge is -2.47. The number of rotatable bonds is 2. The van der Waals surface area contributed by atoms with Crippen LogP contribution in [0, 0.1) is 11.8 Å². The summed E-state index contributed by atoms with van der Waals surface area (Å²) < 4.78 is 0. The molecule has 1 saturated carbocycles. The molecular formula is C15H28N2. The summed E-state index contributed by atoms with van der Waals surface area (Å²) in [7, 11) is 0. The Morgan fingerprint density at radius 2 is 1.88 bits per heavy atom. The smallest absolute Gasteiger partial charge is 0.0264 e. The van der Waals surface area contributed by atoms with E-state index in [9.17, 15) is 0 Å². The molecule has 3 aliphatic rings. The molecule has 2 aliphatic heterocycles. The van der Waals surface area contributed by atoms with Gasteiger partial charge in [0.15, 0.2) is 0 Å². The van der Waals surface area contributed by atoms with Gasteiger partial charge >= 0.3 is 0 Å². The van der Waals surface area contributed by atoms with Gasteiger partial charge in [-0.1, -0.05) is 26.2 Å². The molecule has 0 aromatic carbocycles. The summed E-state index contributed by atoms with van der Waals surface area (Å²) in [4.78, 5) is 2.92. The molecular weight excluding hydrogens is 208 g/mol. The molecule has 2 heterocycles. The second-order valence-electron chi connectivity index (χ2n) is 6.39. The maximum absolute atomic E-state index is 3.62. The highest BCUT2D eigenvalue weighted by atomic mass is 15.2. The van der Waals surface area contributed by atoms with Crippen LogP contribution in [-0.4, -0.2) is 36.6 Å². The van der Waals surface area contributed by atoms with E-state index in [1.807, 2.05) is 0 Å². The third-order valence-corrected chi connectivity index (χ3v) is 5.54. The van der Waals surface area contributed by atoms with Crippen LogP contribution in [0.25, 0.3) is 0 Å². The summed E-state index contributed by atoms with van der Waals surface area (Å²) in [5.41, 5.74) is 0. The first-order valence-corrected chi connectivity index (χ1v) is 7.86. The van der Waals surface area contributed by atoms with Gasteiger partial charge in [-0.25, -0.2) is 0 Å². The van der Waals surface area contributed by atoms with Gasteiger partial charge in [0, 0.05) is 18.6 Å². The maximum atomic E-state index is 3.62. The van der Waals surface area contributed by atoms with Crippen molar-refractivity contribution in [2.24, 2.45) is 11.8 Å². The SMILES string of the molecule is CCC1CCCCC1N1CCCC2CNCC21. The van der Waals surface area contributed by atoms with Crippen LogP contribution >= 0.6 is 0 Å². The summed E-state index contributed by atoms with van der Waals surface area (Å²) in [5.74, 6) is 1.95. The molecule has 1 aliphatic carbocycles. The van der Waals surface area contributed by atoms with Crippen molar-refractivity contribution < 1.29 is 0 Å². The van der Waals surface area contributed by atoms with E-state index >= 15 is 0 Å². The third kappa shape index (κ3) is 2.26. The Morgan fingerprint density at radius 1 is 1.00 bits per heavy atom. The van der Waals surface area contributed by atoms with Crippen LogP contribution in [0.5, 0.6) is 0 Å². The van der Waals surface area contributed by atoms with E-state index in [4.69, 9.17) is 0 Å². The quantitative estimate of drug-likeness (QED) is 0.793. The Morgan fingerprint density at radius 3 is 2.76 bits per heavy atom. The first-order chi connectivity index (χ1) is 8.40. The summed E-state index contributed by atoms with van der Waals surface area (Å²) >= 11 is 0. The van der Waals surface area contributed by atoms with Gasteiger partial charge in [-0.05, 0) is 50.6 Å². The van der Waals surface area contributed by atoms with Gasteiger partial charge in [-0.2, -0.15) is 0 Å². The number of piperidine rings is 1. The van der Waals surface area contributed by atoms with Gasteiger partial charge < -0.3 is 5.32 Å². The predicted molar refractivity (Wildman–Crippen MR) is 72.1 cm³/mol. The molecule has 2 saturated heterocycles. The zero-order chi connectivity index (χ0) is 11.7. The van der Waals surface area contributed by atoms with Crippen molar-refractivity contribution in [1.82, 2.24) is 10.2 Å². The first kappa shape index (κ1) is 12.0. The molecule has 2 heteroatoms. The monoisotopic (exact) mass is 236 g/mol. The van der Waals surface area contributed by atoms with Crippen molar-refractivity contribution >= 4 is 0 Å². The highest BCUT2D eigenvalue weighted by Crippen LogP contribution is 2.36. The van der Waals surface area contributed by atoms with Crippen LogP contribution in [0.4, 0.5) is 0 Å². The molecule has 0 amide bonds. The highest BCUT2D eigenvalue weighted by molar-refractivity contribution is 4.96. The molecule has 0 spiro atoms. The average Bonchev–Trinajstić information content (AvgIpc) is 2.86. The average molecular weight is 236 g/mol. The predicted octanol–water partition coefficient (Wildman–Crippen LogP) is 2.64. The van der Waals surface area contributed by atoms with Crippen LogP contribution in [0.1, 0.15) is 51.9 Å². The van der Waals surface area contributed by atoms with Gasteiger partial charge in [-0.3, -0.25) is 4.90 Å². The lowest BCUT2D eigenvalue weighted by molar-refractivity contribution is 0.0263. The van der Waals surface area contributed by atoms with E-state index < -0.39 is 0 Å². The standard InChI is InChI=1S/C15H28N2/c1-2-12-6-3-4-8-14(12)17-9-5-7-13-10-16-11-15(13)17/h12-16H,2-11H2,1H3. The van der Waals surface area contributed by atoms with Crippen LogP contribution in [-0.2, 0) is 0 Å². The van der Waals surface area contributed by atoms with Crippen LogP contribution in [0.15, 0.2) is 0 Å². The number of hydrogen-bond donors (Lipinski definition) is 1. The Hall–Kier alpha value is -0.0800. The van der Waals surface area contributed by atoms with E-state index in [1.54, 1.807) is 0 Å². The van der Waals surface area contributed by atoms with Gasteiger partial charge in [0.05, 0.1) is 0 Å². The zero-order valence-corrected chi connectivity index (χ0v) is 11.3. The van der Waals surface area contributed by atoms with E-state index in [-0.39, 0.29) is 0 Å². The molecule has 2 nitrogen and oxygen atoms in total. The fourth-order valence-corrected chi connectivity index (χ4v) is 4.62. The Labute approximate surface area is 106 Å². The van der Waals surface area contributed by atoms with Gasteiger partial charge in [-0.15, -0.1) is 0 Å². The minimum Gasteiger partial charge on any atom is -0.315 e. The molecule has 3 rings (SSSR count). The lowest BCUT2D eigenvalue weighted by Crippen LogP contribution is -2.53. The fourth-order valence-electron chi connectivity index (χ4n) is 4.62. The second-order valence-corrected chi connectivity index (χ2v) is 6.39. The van der Waals surface area contributed by atoms with E-state index in [1.165, 1.54) is 64.6 Å². The largest absolute Gasteiger partial charge is 0.315 e. The molecule has 1 N–H and O–H groups in total. The van der Waals surface area contributed by atoms with Crippen molar-refractivity contribution in [3.8, 4) is 0 Å². The minimum atomic E-state index is 0.876. The molecule has 0 aromatic heterocycles. The minimum absolute atomic E-state index is 0.876. The fraction of sp³-hybridized carbons (Fsp3) is 1.00. The molecule has 0 radical (unpaired) electrons. The number of nitrogens with zero attached hydrogens (tertiary/aromatic N) is 1. The Kier molecular flexibility index (Phi) is 3.72. The summed E-state index contributed by atoms with van der Waals surface area (Å²) in [6, 6.07) is 1.79. The maximum Gasteiger partial charge on any atom is 0.0264 e. The number of fused-ring (bicyclic) bond motifs is 1. The molecule has 0 aromatic rings. The summed E-state index contributed by atoms with van der Waals surface area (Å²) in [6.45, 7) is 6.32. The van der Waals surface area contributed by atoms with Crippen LogP contribution < -0.4 is 5.32 Å². The molecule has 0 bridgehead atoms. The van der Waals surface area contributed by atoms with Gasteiger partial charge in [0.25, 0.3) is 0 Å². The van der Waals surface area contributed by atoms with Crippen LogP contribution in [0.3, 0.4) is 0 Å². The topological polar surface area (TPSA) is 15.3 Å². The normalized spacial score (nSPS) is 43.6. The number of likely N-dealkylation sites (tertiary alicyclic amines) is 1. The number of nitrogens with one attached hydrogen (secondary N) is 1.